The molecule has 0 aromatic carbocycles. The van der Waals surface area contributed by atoms with Gasteiger partial charge in [-0.05, 0) is 32.9 Å². The summed E-state index contributed by atoms with van der Waals surface area (Å²) in [6.07, 6.45) is 2.80. The van der Waals surface area contributed by atoms with Crippen LogP contribution in [0.25, 0.3) is 0 Å². The quantitative estimate of drug-likeness (QED) is 0.641. The Kier molecular flexibility index (Phi) is 3.86. The topological polar surface area (TPSA) is 20.2 Å². The Morgan fingerprint density at radius 2 is 2.08 bits per heavy atom. The van der Waals surface area contributed by atoms with Crippen LogP contribution in [0.3, 0.4) is 0 Å². The number of aliphatic hydroxyl groups excluding tert-OH is 1. The van der Waals surface area contributed by atoms with E-state index in [9.17, 15) is 5.11 Å². The molecule has 1 N–H and O–H groups in total. The van der Waals surface area contributed by atoms with Crippen molar-refractivity contribution in [2.75, 3.05) is 0 Å². The van der Waals surface area contributed by atoms with Gasteiger partial charge in [-0.3, -0.25) is 0 Å². The molecule has 68 valence electrons. The van der Waals surface area contributed by atoms with E-state index in [0.29, 0.717) is 5.76 Å². The molecule has 12 heavy (non-hydrogen) atoms. The SMILES string of the molecule is C[C@H]1C(O)=C(Br)C=C(Br)CC1Br. The maximum absolute atomic E-state index is 9.65. The van der Waals surface area contributed by atoms with Gasteiger partial charge in [0, 0.05) is 10.7 Å². The summed E-state index contributed by atoms with van der Waals surface area (Å²) in [4.78, 5) is 0.290. The van der Waals surface area contributed by atoms with E-state index in [1.165, 1.54) is 0 Å². The van der Waals surface area contributed by atoms with Crippen molar-refractivity contribution in [3.05, 3.63) is 20.8 Å². The molecule has 4 heteroatoms. The number of hydrogen-bond donors (Lipinski definition) is 1. The summed E-state index contributed by atoms with van der Waals surface area (Å²) in [6.45, 7) is 2.00. The Labute approximate surface area is 97.3 Å². The van der Waals surface area contributed by atoms with Crippen LogP contribution in [0, 0.1) is 5.92 Å². The lowest BCUT2D eigenvalue weighted by Crippen LogP contribution is -2.12. The van der Waals surface area contributed by atoms with Crippen molar-refractivity contribution in [1.82, 2.24) is 0 Å². The second kappa shape index (κ2) is 4.29. The highest BCUT2D eigenvalue weighted by molar-refractivity contribution is 9.12. The molecule has 1 unspecified atom stereocenters. The second-order valence-electron chi connectivity index (χ2n) is 2.83. The van der Waals surface area contributed by atoms with E-state index in [1.807, 2.05) is 13.0 Å². The molecule has 0 fully saturated rings. The summed E-state index contributed by atoms with van der Waals surface area (Å²) in [5.74, 6) is 0.553. The number of hydrogen-bond acceptors (Lipinski definition) is 1. The smallest absolute Gasteiger partial charge is 0.110 e. The molecule has 0 bridgehead atoms. The fourth-order valence-corrected chi connectivity index (χ4v) is 3.58. The number of alkyl halides is 1. The molecule has 2 atom stereocenters. The molecule has 0 saturated carbocycles. The molecule has 0 saturated heterocycles. The largest absolute Gasteiger partial charge is 0.511 e. The number of rotatable bonds is 0. The van der Waals surface area contributed by atoms with Crippen molar-refractivity contribution in [1.29, 1.82) is 0 Å². The van der Waals surface area contributed by atoms with Gasteiger partial charge in [0.15, 0.2) is 0 Å². The Morgan fingerprint density at radius 3 is 2.67 bits per heavy atom. The lowest BCUT2D eigenvalue weighted by molar-refractivity contribution is 0.338. The minimum atomic E-state index is 0.144. The standard InChI is InChI=1S/C8H9Br3O/c1-4-6(10)2-5(9)3-7(11)8(4)12/h3-4,6,12H,2H2,1H3/t4-,6?/m1/s1. The van der Waals surface area contributed by atoms with Gasteiger partial charge in [-0.1, -0.05) is 38.8 Å². The van der Waals surface area contributed by atoms with Crippen LogP contribution >= 0.6 is 47.8 Å². The summed E-state index contributed by atoms with van der Waals surface area (Å²) in [6, 6.07) is 0. The van der Waals surface area contributed by atoms with Crippen molar-refractivity contribution < 1.29 is 5.11 Å². The van der Waals surface area contributed by atoms with E-state index >= 15 is 0 Å². The fraction of sp³-hybridized carbons (Fsp3) is 0.500. The van der Waals surface area contributed by atoms with Crippen LogP contribution in [0.5, 0.6) is 0 Å². The molecule has 1 nitrogen and oxygen atoms in total. The van der Waals surface area contributed by atoms with Crippen LogP contribution in [0.4, 0.5) is 0 Å². The first-order chi connectivity index (χ1) is 5.52. The molecule has 0 aromatic rings. The van der Waals surface area contributed by atoms with Crippen LogP contribution in [0.2, 0.25) is 0 Å². The number of aliphatic hydroxyl groups is 1. The van der Waals surface area contributed by atoms with Gasteiger partial charge in [0.1, 0.15) is 5.76 Å². The van der Waals surface area contributed by atoms with Crippen molar-refractivity contribution >= 4 is 47.8 Å². The number of allylic oxidation sites excluding steroid dienone is 4. The predicted octanol–water partition coefficient (Wildman–Crippen LogP) is 4.23. The lowest BCUT2D eigenvalue weighted by atomic mass is 10.1. The van der Waals surface area contributed by atoms with Gasteiger partial charge in [0.25, 0.3) is 0 Å². The van der Waals surface area contributed by atoms with Crippen LogP contribution in [0.15, 0.2) is 20.8 Å². The highest BCUT2D eigenvalue weighted by atomic mass is 79.9. The van der Waals surface area contributed by atoms with Crippen LogP contribution in [-0.4, -0.2) is 9.93 Å². The molecular formula is C8H9Br3O. The van der Waals surface area contributed by atoms with Crippen LogP contribution in [0.1, 0.15) is 13.3 Å². The summed E-state index contributed by atoms with van der Waals surface area (Å²) >= 11 is 10.3. The van der Waals surface area contributed by atoms with Gasteiger partial charge >= 0.3 is 0 Å². The van der Waals surface area contributed by atoms with E-state index < -0.39 is 0 Å². The van der Waals surface area contributed by atoms with Crippen LogP contribution < -0.4 is 0 Å². The zero-order chi connectivity index (χ0) is 9.30. The summed E-state index contributed by atoms with van der Waals surface area (Å²) in [5.41, 5.74) is 0. The minimum Gasteiger partial charge on any atom is -0.511 e. The average molecular weight is 361 g/mol. The van der Waals surface area contributed by atoms with E-state index in [2.05, 4.69) is 47.8 Å². The Balaban J connectivity index is 2.99. The summed E-state index contributed by atoms with van der Waals surface area (Å²) in [7, 11) is 0. The molecule has 0 heterocycles. The molecule has 0 aromatic heterocycles. The molecule has 0 spiro atoms. The monoisotopic (exact) mass is 358 g/mol. The van der Waals surface area contributed by atoms with E-state index in [-0.39, 0.29) is 10.7 Å². The van der Waals surface area contributed by atoms with Gasteiger partial charge in [0.2, 0.25) is 0 Å². The Hall–Kier alpha value is 0.720. The van der Waals surface area contributed by atoms with Crippen molar-refractivity contribution in [2.24, 2.45) is 5.92 Å². The highest BCUT2D eigenvalue weighted by Gasteiger charge is 2.23. The van der Waals surface area contributed by atoms with Gasteiger partial charge in [0.05, 0.1) is 4.48 Å². The molecule has 1 aliphatic rings. The van der Waals surface area contributed by atoms with Gasteiger partial charge in [-0.15, -0.1) is 0 Å². The third kappa shape index (κ3) is 2.36. The van der Waals surface area contributed by atoms with Crippen molar-refractivity contribution in [3.63, 3.8) is 0 Å². The van der Waals surface area contributed by atoms with Crippen LogP contribution in [-0.2, 0) is 0 Å². The predicted molar refractivity (Wildman–Crippen MR) is 62.1 cm³/mol. The van der Waals surface area contributed by atoms with Gasteiger partial charge in [-0.2, -0.15) is 0 Å². The maximum atomic E-state index is 9.65. The van der Waals surface area contributed by atoms with Crippen molar-refractivity contribution in [3.8, 4) is 0 Å². The molecular weight excluding hydrogens is 352 g/mol. The zero-order valence-electron chi connectivity index (χ0n) is 6.52. The molecule has 0 aliphatic heterocycles. The van der Waals surface area contributed by atoms with Gasteiger partial charge in [-0.25, -0.2) is 0 Å². The van der Waals surface area contributed by atoms with E-state index in [4.69, 9.17) is 0 Å². The molecule has 0 amide bonds. The summed E-state index contributed by atoms with van der Waals surface area (Å²) in [5, 5.41) is 9.65. The second-order valence-corrected chi connectivity index (χ2v) is 5.88. The highest BCUT2D eigenvalue weighted by Crippen LogP contribution is 2.35. The minimum absolute atomic E-state index is 0.144. The molecule has 1 rings (SSSR count). The van der Waals surface area contributed by atoms with Crippen molar-refractivity contribution in [2.45, 2.75) is 18.2 Å². The Morgan fingerprint density at radius 1 is 1.50 bits per heavy atom. The first kappa shape index (κ1) is 10.8. The fourth-order valence-electron chi connectivity index (χ4n) is 1.02. The average Bonchev–Trinajstić information content (AvgIpc) is 2.05. The van der Waals surface area contributed by atoms with E-state index in [0.717, 1.165) is 15.4 Å². The normalized spacial score (nSPS) is 31.5. The zero-order valence-corrected chi connectivity index (χ0v) is 11.3. The third-order valence-corrected chi connectivity index (χ3v) is 4.20. The lowest BCUT2D eigenvalue weighted by Gasteiger charge is -2.15. The Bertz CT molecular complexity index is 245. The van der Waals surface area contributed by atoms with Gasteiger partial charge < -0.3 is 5.11 Å². The third-order valence-electron chi connectivity index (χ3n) is 1.89. The molecule has 1 aliphatic carbocycles. The maximum Gasteiger partial charge on any atom is 0.110 e. The summed E-state index contributed by atoms with van der Waals surface area (Å²) < 4.78 is 1.86. The van der Waals surface area contributed by atoms with E-state index in [1.54, 1.807) is 0 Å². The first-order valence-electron chi connectivity index (χ1n) is 3.61. The first-order valence-corrected chi connectivity index (χ1v) is 6.11. The molecule has 0 radical (unpaired) electrons. The number of halogens is 3.